The first kappa shape index (κ1) is 13.8. The molecule has 2 heterocycles. The fraction of sp³-hybridized carbons (Fsp3) is 0.357. The summed E-state index contributed by atoms with van der Waals surface area (Å²) in [7, 11) is 1.85. The molecule has 1 saturated carbocycles. The van der Waals surface area contributed by atoms with Crippen LogP contribution in [-0.4, -0.2) is 21.6 Å². The van der Waals surface area contributed by atoms with Gasteiger partial charge in [0.15, 0.2) is 0 Å². The van der Waals surface area contributed by atoms with Gasteiger partial charge in [0, 0.05) is 24.0 Å². The molecule has 0 radical (unpaired) electrons. The van der Waals surface area contributed by atoms with Crippen LogP contribution in [0, 0.1) is 12.8 Å². The second-order valence-electron chi connectivity index (χ2n) is 5.25. The molecule has 7 heteroatoms. The first-order valence-corrected chi connectivity index (χ1v) is 7.51. The van der Waals surface area contributed by atoms with Gasteiger partial charge < -0.3 is 0 Å². The second-order valence-corrected chi connectivity index (χ2v) is 6.54. The van der Waals surface area contributed by atoms with Crippen molar-refractivity contribution in [2.24, 2.45) is 13.0 Å². The van der Waals surface area contributed by atoms with Gasteiger partial charge in [0.05, 0.1) is 11.1 Å². The molecule has 2 atom stereocenters. The lowest BCUT2D eigenvalue weighted by Crippen LogP contribution is -2.42. The van der Waals surface area contributed by atoms with Gasteiger partial charge in [-0.15, -0.1) is 11.3 Å². The minimum atomic E-state index is -0.278. The van der Waals surface area contributed by atoms with Crippen molar-refractivity contribution < 1.29 is 9.59 Å². The summed E-state index contributed by atoms with van der Waals surface area (Å²) in [4.78, 5) is 25.5. The van der Waals surface area contributed by atoms with E-state index in [1.54, 1.807) is 16.9 Å². The maximum Gasteiger partial charge on any atom is 0.279 e. The van der Waals surface area contributed by atoms with E-state index in [4.69, 9.17) is 0 Å². The van der Waals surface area contributed by atoms with E-state index in [0.29, 0.717) is 4.88 Å². The van der Waals surface area contributed by atoms with E-state index >= 15 is 0 Å². The van der Waals surface area contributed by atoms with Crippen LogP contribution in [-0.2, 0) is 11.8 Å². The highest BCUT2D eigenvalue weighted by Gasteiger charge is 2.44. The Hall–Kier alpha value is -2.15. The Morgan fingerprint density at radius 1 is 1.38 bits per heavy atom. The van der Waals surface area contributed by atoms with Crippen LogP contribution >= 0.6 is 11.3 Å². The van der Waals surface area contributed by atoms with E-state index in [9.17, 15) is 9.59 Å². The molecule has 1 aliphatic rings. The van der Waals surface area contributed by atoms with Gasteiger partial charge in [-0.25, -0.2) is 0 Å². The van der Waals surface area contributed by atoms with Gasteiger partial charge in [0.1, 0.15) is 0 Å². The van der Waals surface area contributed by atoms with Crippen LogP contribution in [0.4, 0.5) is 0 Å². The van der Waals surface area contributed by atoms with Gasteiger partial charge >= 0.3 is 0 Å². The lowest BCUT2D eigenvalue weighted by Gasteiger charge is -2.05. The molecule has 0 saturated heterocycles. The van der Waals surface area contributed by atoms with Gasteiger partial charge in [0.25, 0.3) is 5.91 Å². The SMILES string of the molecule is Cc1ccc(C(=O)NNC(=O)[C@@H]2C[C@@H]2c2cnn(C)c2)s1. The number of aromatic nitrogens is 2. The van der Waals surface area contributed by atoms with Gasteiger partial charge in [0.2, 0.25) is 5.91 Å². The molecule has 2 aromatic rings. The van der Waals surface area contributed by atoms with Crippen molar-refractivity contribution in [3.8, 4) is 0 Å². The molecule has 1 aliphatic carbocycles. The molecule has 1 fully saturated rings. The number of hydrogen-bond acceptors (Lipinski definition) is 4. The summed E-state index contributed by atoms with van der Waals surface area (Å²) in [6.45, 7) is 1.93. The zero-order valence-corrected chi connectivity index (χ0v) is 12.6. The highest BCUT2D eigenvalue weighted by Crippen LogP contribution is 2.47. The van der Waals surface area contributed by atoms with Gasteiger partial charge in [-0.3, -0.25) is 25.1 Å². The molecule has 0 spiro atoms. The third kappa shape index (κ3) is 2.97. The molecule has 0 bridgehead atoms. The third-order valence-electron chi connectivity index (χ3n) is 3.54. The Bertz CT molecular complexity index is 691. The third-order valence-corrected chi connectivity index (χ3v) is 4.54. The van der Waals surface area contributed by atoms with Crippen LogP contribution in [0.1, 0.15) is 32.5 Å². The van der Waals surface area contributed by atoms with Crippen molar-refractivity contribution >= 4 is 23.2 Å². The number of amides is 2. The summed E-state index contributed by atoms with van der Waals surface area (Å²) in [5, 5.41) is 4.10. The zero-order valence-electron chi connectivity index (χ0n) is 11.8. The number of nitrogens with one attached hydrogen (secondary N) is 2. The maximum absolute atomic E-state index is 12.0. The Morgan fingerprint density at radius 2 is 2.19 bits per heavy atom. The first-order chi connectivity index (χ1) is 10.0. The molecule has 0 unspecified atom stereocenters. The summed E-state index contributed by atoms with van der Waals surface area (Å²) in [5.41, 5.74) is 6.03. The number of rotatable bonds is 3. The van der Waals surface area contributed by atoms with Crippen molar-refractivity contribution in [1.29, 1.82) is 0 Å². The highest BCUT2D eigenvalue weighted by molar-refractivity contribution is 7.13. The summed E-state index contributed by atoms with van der Waals surface area (Å²) in [6, 6.07) is 3.62. The topological polar surface area (TPSA) is 76.0 Å². The minimum absolute atomic E-state index is 0.0837. The van der Waals surface area contributed by atoms with Crippen LogP contribution in [0.2, 0.25) is 0 Å². The number of nitrogens with zero attached hydrogens (tertiary/aromatic N) is 2. The predicted molar refractivity (Wildman–Crippen MR) is 78.7 cm³/mol. The number of carbonyl (C=O) groups excluding carboxylic acids is 2. The van der Waals surface area contributed by atoms with Crippen LogP contribution in [0.5, 0.6) is 0 Å². The van der Waals surface area contributed by atoms with E-state index in [1.165, 1.54) is 11.3 Å². The van der Waals surface area contributed by atoms with Crippen molar-refractivity contribution in [2.45, 2.75) is 19.3 Å². The molecular formula is C14H16N4O2S. The largest absolute Gasteiger partial charge is 0.279 e. The van der Waals surface area contributed by atoms with E-state index in [0.717, 1.165) is 16.9 Å². The van der Waals surface area contributed by atoms with Gasteiger partial charge in [-0.1, -0.05) is 0 Å². The minimum Gasteiger partial charge on any atom is -0.276 e. The van der Waals surface area contributed by atoms with Gasteiger partial charge in [-0.2, -0.15) is 5.10 Å². The average Bonchev–Trinajstić information content (AvgIpc) is 2.95. The number of carbonyl (C=O) groups is 2. The van der Waals surface area contributed by atoms with Crippen LogP contribution in [0.15, 0.2) is 24.5 Å². The maximum atomic E-state index is 12.0. The predicted octanol–water partition coefficient (Wildman–Crippen LogP) is 1.35. The van der Waals surface area contributed by atoms with Crippen molar-refractivity contribution in [1.82, 2.24) is 20.6 Å². The summed E-state index contributed by atoms with van der Waals surface area (Å²) in [5.74, 6) is -0.301. The van der Waals surface area contributed by atoms with Crippen molar-refractivity contribution in [3.63, 3.8) is 0 Å². The Kier molecular flexibility index (Phi) is 3.50. The Balaban J connectivity index is 1.50. The molecule has 0 aromatic carbocycles. The van der Waals surface area contributed by atoms with E-state index in [1.807, 2.05) is 26.2 Å². The summed E-state index contributed by atoms with van der Waals surface area (Å²) in [6.07, 6.45) is 4.50. The molecule has 2 N–H and O–H groups in total. The van der Waals surface area contributed by atoms with Crippen molar-refractivity contribution in [3.05, 3.63) is 39.8 Å². The fourth-order valence-corrected chi connectivity index (χ4v) is 3.08. The molecular weight excluding hydrogens is 288 g/mol. The fourth-order valence-electron chi connectivity index (χ4n) is 2.31. The highest BCUT2D eigenvalue weighted by atomic mass is 32.1. The van der Waals surface area contributed by atoms with Gasteiger partial charge in [-0.05, 0) is 37.0 Å². The van der Waals surface area contributed by atoms with E-state index in [2.05, 4.69) is 16.0 Å². The molecule has 0 aliphatic heterocycles. The molecule has 2 aromatic heterocycles. The van der Waals surface area contributed by atoms with E-state index < -0.39 is 0 Å². The lowest BCUT2D eigenvalue weighted by atomic mass is 10.2. The molecule has 2 amide bonds. The zero-order chi connectivity index (χ0) is 15.0. The molecule has 21 heavy (non-hydrogen) atoms. The average molecular weight is 304 g/mol. The Labute approximate surface area is 126 Å². The van der Waals surface area contributed by atoms with Crippen molar-refractivity contribution in [2.75, 3.05) is 0 Å². The number of hydrazine groups is 1. The summed E-state index contributed by atoms with van der Waals surface area (Å²) >= 11 is 1.40. The Morgan fingerprint density at radius 3 is 2.81 bits per heavy atom. The quantitative estimate of drug-likeness (QED) is 0.841. The standard InChI is InChI=1S/C14H16N4O2S/c1-8-3-4-12(21-8)14(20)17-16-13(19)11-5-10(11)9-6-15-18(2)7-9/h3-4,6-7,10-11H,5H2,1-2H3,(H,16,19)(H,17,20)/t10-,11-/m1/s1. The van der Waals surface area contributed by atoms with Crippen LogP contribution in [0.25, 0.3) is 0 Å². The molecule has 110 valence electrons. The molecule has 6 nitrogen and oxygen atoms in total. The van der Waals surface area contributed by atoms with Crippen LogP contribution < -0.4 is 10.9 Å². The lowest BCUT2D eigenvalue weighted by molar-refractivity contribution is -0.123. The summed E-state index contributed by atoms with van der Waals surface area (Å²) < 4.78 is 1.73. The first-order valence-electron chi connectivity index (χ1n) is 6.70. The second kappa shape index (κ2) is 5.33. The number of thiophene rings is 1. The monoisotopic (exact) mass is 304 g/mol. The van der Waals surface area contributed by atoms with Crippen LogP contribution in [0.3, 0.4) is 0 Å². The molecule has 3 rings (SSSR count). The number of hydrogen-bond donors (Lipinski definition) is 2. The van der Waals surface area contributed by atoms with E-state index in [-0.39, 0.29) is 23.7 Å². The number of aryl methyl sites for hydroxylation is 2. The smallest absolute Gasteiger partial charge is 0.276 e. The normalized spacial score (nSPS) is 20.1.